The zero-order chi connectivity index (χ0) is 10.8. The van der Waals surface area contributed by atoms with Crippen molar-refractivity contribution < 1.29 is 0 Å². The number of nitrogens with zero attached hydrogens (tertiary/aromatic N) is 2. The van der Waals surface area contributed by atoms with Crippen molar-refractivity contribution in [3.63, 3.8) is 0 Å². The standard InChI is InChI=1S/C11H10ClN3/c1-7-2-3-8(6-9(7)12)10-4-5-11(13)15-14-10/h2-6H,1H3,(H2,13,15). The molecular weight excluding hydrogens is 210 g/mol. The van der Waals surface area contributed by atoms with Gasteiger partial charge >= 0.3 is 0 Å². The Hall–Kier alpha value is -1.61. The van der Waals surface area contributed by atoms with Crippen molar-refractivity contribution in [2.24, 2.45) is 0 Å². The summed E-state index contributed by atoms with van der Waals surface area (Å²) >= 11 is 6.02. The number of hydrogen-bond acceptors (Lipinski definition) is 3. The van der Waals surface area contributed by atoms with Gasteiger partial charge in [-0.3, -0.25) is 0 Å². The van der Waals surface area contributed by atoms with Crippen molar-refractivity contribution in [1.82, 2.24) is 10.2 Å². The summed E-state index contributed by atoms with van der Waals surface area (Å²) in [7, 11) is 0. The normalized spacial score (nSPS) is 10.3. The number of hydrogen-bond donors (Lipinski definition) is 1. The van der Waals surface area contributed by atoms with Gasteiger partial charge in [-0.15, -0.1) is 10.2 Å². The minimum atomic E-state index is 0.414. The van der Waals surface area contributed by atoms with Crippen LogP contribution < -0.4 is 5.73 Å². The molecule has 0 radical (unpaired) electrons. The van der Waals surface area contributed by atoms with Gasteiger partial charge in [0, 0.05) is 10.6 Å². The first-order chi connectivity index (χ1) is 7.16. The predicted molar refractivity (Wildman–Crippen MR) is 61.6 cm³/mol. The van der Waals surface area contributed by atoms with Gasteiger partial charge in [0.2, 0.25) is 0 Å². The molecule has 0 bridgehead atoms. The van der Waals surface area contributed by atoms with E-state index in [1.165, 1.54) is 0 Å². The first-order valence-electron chi connectivity index (χ1n) is 4.52. The van der Waals surface area contributed by atoms with E-state index < -0.39 is 0 Å². The Bertz CT molecular complexity index is 480. The van der Waals surface area contributed by atoms with Gasteiger partial charge in [0.05, 0.1) is 5.69 Å². The highest BCUT2D eigenvalue weighted by atomic mass is 35.5. The summed E-state index contributed by atoms with van der Waals surface area (Å²) in [6, 6.07) is 9.33. The second-order valence-corrected chi connectivity index (χ2v) is 3.71. The third-order valence-corrected chi connectivity index (χ3v) is 2.56. The zero-order valence-electron chi connectivity index (χ0n) is 8.24. The fourth-order valence-electron chi connectivity index (χ4n) is 1.25. The average molecular weight is 220 g/mol. The fourth-order valence-corrected chi connectivity index (χ4v) is 1.43. The highest BCUT2D eigenvalue weighted by Crippen LogP contribution is 2.23. The van der Waals surface area contributed by atoms with Crippen LogP contribution in [0.4, 0.5) is 5.82 Å². The first-order valence-corrected chi connectivity index (χ1v) is 4.90. The van der Waals surface area contributed by atoms with Crippen molar-refractivity contribution in [2.75, 3.05) is 5.73 Å². The lowest BCUT2D eigenvalue weighted by atomic mass is 10.1. The van der Waals surface area contributed by atoms with Gasteiger partial charge in [0.25, 0.3) is 0 Å². The van der Waals surface area contributed by atoms with Crippen molar-refractivity contribution in [3.8, 4) is 11.3 Å². The molecule has 4 heteroatoms. The van der Waals surface area contributed by atoms with Crippen LogP contribution in [0, 0.1) is 6.92 Å². The number of benzene rings is 1. The van der Waals surface area contributed by atoms with E-state index in [0.29, 0.717) is 5.82 Å². The van der Waals surface area contributed by atoms with Crippen LogP contribution in [0.1, 0.15) is 5.56 Å². The van der Waals surface area contributed by atoms with Crippen LogP contribution in [0.15, 0.2) is 30.3 Å². The zero-order valence-corrected chi connectivity index (χ0v) is 8.99. The molecule has 1 aromatic heterocycles. The molecule has 0 aliphatic heterocycles. The van der Waals surface area contributed by atoms with E-state index in [-0.39, 0.29) is 0 Å². The second kappa shape index (κ2) is 3.87. The largest absolute Gasteiger partial charge is 0.382 e. The predicted octanol–water partition coefficient (Wildman–Crippen LogP) is 2.69. The molecule has 3 nitrogen and oxygen atoms in total. The topological polar surface area (TPSA) is 51.8 Å². The highest BCUT2D eigenvalue weighted by molar-refractivity contribution is 6.31. The minimum Gasteiger partial charge on any atom is -0.382 e. The Kier molecular flexibility index (Phi) is 2.56. The number of anilines is 1. The quantitative estimate of drug-likeness (QED) is 0.802. The Labute approximate surface area is 92.9 Å². The lowest BCUT2D eigenvalue weighted by Crippen LogP contribution is -1.93. The molecule has 0 fully saturated rings. The number of nitrogens with two attached hydrogens (primary N) is 1. The van der Waals surface area contributed by atoms with E-state index in [9.17, 15) is 0 Å². The van der Waals surface area contributed by atoms with Crippen LogP contribution >= 0.6 is 11.6 Å². The second-order valence-electron chi connectivity index (χ2n) is 3.31. The van der Waals surface area contributed by atoms with E-state index in [0.717, 1.165) is 21.8 Å². The molecule has 76 valence electrons. The van der Waals surface area contributed by atoms with Gasteiger partial charge in [-0.25, -0.2) is 0 Å². The monoisotopic (exact) mass is 219 g/mol. The SMILES string of the molecule is Cc1ccc(-c2ccc(N)nn2)cc1Cl. The molecular formula is C11H10ClN3. The highest BCUT2D eigenvalue weighted by Gasteiger charge is 2.02. The molecule has 0 saturated carbocycles. The van der Waals surface area contributed by atoms with Gasteiger partial charge in [-0.1, -0.05) is 23.7 Å². The summed E-state index contributed by atoms with van der Waals surface area (Å²) in [5.41, 5.74) is 8.22. The summed E-state index contributed by atoms with van der Waals surface area (Å²) in [6.45, 7) is 1.96. The van der Waals surface area contributed by atoms with Gasteiger partial charge in [0.1, 0.15) is 5.82 Å². The Balaban J connectivity index is 2.45. The fraction of sp³-hybridized carbons (Fsp3) is 0.0909. The third kappa shape index (κ3) is 2.07. The number of nitrogen functional groups attached to an aromatic ring is 1. The lowest BCUT2D eigenvalue weighted by Gasteiger charge is -2.02. The van der Waals surface area contributed by atoms with E-state index >= 15 is 0 Å². The molecule has 0 amide bonds. The van der Waals surface area contributed by atoms with E-state index in [4.69, 9.17) is 17.3 Å². The molecule has 0 aliphatic carbocycles. The summed E-state index contributed by atoms with van der Waals surface area (Å²) in [5, 5.41) is 8.51. The molecule has 0 aliphatic rings. The smallest absolute Gasteiger partial charge is 0.146 e. The van der Waals surface area contributed by atoms with Crippen LogP contribution in [-0.2, 0) is 0 Å². The maximum Gasteiger partial charge on any atom is 0.146 e. The maximum atomic E-state index is 6.02. The summed E-state index contributed by atoms with van der Waals surface area (Å²) < 4.78 is 0. The average Bonchev–Trinajstić information content (AvgIpc) is 2.23. The van der Waals surface area contributed by atoms with Crippen molar-refractivity contribution in [1.29, 1.82) is 0 Å². The molecule has 0 saturated heterocycles. The first kappa shape index (κ1) is 9.93. The van der Waals surface area contributed by atoms with E-state index in [2.05, 4.69) is 10.2 Å². The van der Waals surface area contributed by atoms with Crippen molar-refractivity contribution in [3.05, 3.63) is 40.9 Å². The third-order valence-electron chi connectivity index (χ3n) is 2.15. The molecule has 0 unspecified atom stereocenters. The van der Waals surface area contributed by atoms with Crippen LogP contribution in [0.2, 0.25) is 5.02 Å². The van der Waals surface area contributed by atoms with Gasteiger partial charge < -0.3 is 5.73 Å². The molecule has 0 atom stereocenters. The molecule has 0 spiro atoms. The summed E-state index contributed by atoms with van der Waals surface area (Å²) in [5.74, 6) is 0.414. The lowest BCUT2D eigenvalue weighted by molar-refractivity contribution is 1.05. The van der Waals surface area contributed by atoms with Crippen LogP contribution in [0.3, 0.4) is 0 Å². The minimum absolute atomic E-state index is 0.414. The summed E-state index contributed by atoms with van der Waals surface area (Å²) in [4.78, 5) is 0. The number of halogens is 1. The van der Waals surface area contributed by atoms with Crippen LogP contribution in [-0.4, -0.2) is 10.2 Å². The van der Waals surface area contributed by atoms with E-state index in [1.54, 1.807) is 6.07 Å². The van der Waals surface area contributed by atoms with Gasteiger partial charge in [-0.05, 0) is 30.7 Å². The van der Waals surface area contributed by atoms with Crippen LogP contribution in [0.25, 0.3) is 11.3 Å². The Morgan fingerprint density at radius 2 is 1.93 bits per heavy atom. The van der Waals surface area contributed by atoms with Gasteiger partial charge in [0.15, 0.2) is 0 Å². The number of aromatic nitrogens is 2. The number of aryl methyl sites for hydroxylation is 1. The van der Waals surface area contributed by atoms with Crippen molar-refractivity contribution >= 4 is 17.4 Å². The molecule has 15 heavy (non-hydrogen) atoms. The molecule has 1 heterocycles. The van der Waals surface area contributed by atoms with Crippen LogP contribution in [0.5, 0.6) is 0 Å². The van der Waals surface area contributed by atoms with Crippen molar-refractivity contribution in [2.45, 2.75) is 6.92 Å². The van der Waals surface area contributed by atoms with Gasteiger partial charge in [-0.2, -0.15) is 0 Å². The Morgan fingerprint density at radius 3 is 2.53 bits per heavy atom. The summed E-state index contributed by atoms with van der Waals surface area (Å²) in [6.07, 6.45) is 0. The molecule has 1 aromatic carbocycles. The molecule has 2 N–H and O–H groups in total. The molecule has 2 aromatic rings. The number of rotatable bonds is 1. The maximum absolute atomic E-state index is 6.02. The molecule has 2 rings (SSSR count). The van der Waals surface area contributed by atoms with E-state index in [1.807, 2.05) is 31.2 Å². The Morgan fingerprint density at radius 1 is 1.13 bits per heavy atom.